The Morgan fingerprint density at radius 3 is 2.84 bits per heavy atom. The lowest BCUT2D eigenvalue weighted by Crippen LogP contribution is -2.18. The average Bonchev–Trinajstić information content (AvgIpc) is 2.73. The Morgan fingerprint density at radius 1 is 1.42 bits per heavy atom. The van der Waals surface area contributed by atoms with Crippen molar-refractivity contribution in [1.82, 2.24) is 14.8 Å². The molecule has 0 aliphatic carbocycles. The number of aromatic nitrogens is 3. The molecule has 1 unspecified atom stereocenters. The van der Waals surface area contributed by atoms with E-state index < -0.39 is 0 Å². The summed E-state index contributed by atoms with van der Waals surface area (Å²) >= 11 is 0. The summed E-state index contributed by atoms with van der Waals surface area (Å²) in [6.07, 6.45) is 2.33. The van der Waals surface area contributed by atoms with Gasteiger partial charge in [0.15, 0.2) is 5.82 Å². The van der Waals surface area contributed by atoms with E-state index in [9.17, 15) is 0 Å². The Labute approximate surface area is 113 Å². The predicted molar refractivity (Wildman–Crippen MR) is 73.9 cm³/mol. The van der Waals surface area contributed by atoms with Gasteiger partial charge in [0.25, 0.3) is 0 Å². The van der Waals surface area contributed by atoms with Gasteiger partial charge in [-0.05, 0) is 31.9 Å². The number of hydrogen-bond acceptors (Lipinski definition) is 4. The summed E-state index contributed by atoms with van der Waals surface area (Å²) in [5.41, 5.74) is 8.22. The standard InChI is InChI=1S/C14H20N4O/c1-10-4-5-13(12(6-10)7-11(2)15)19-8-14-16-9-17-18(14)3/h4-6,9,11H,7-8,15H2,1-3H3. The van der Waals surface area contributed by atoms with Crippen molar-refractivity contribution in [3.05, 3.63) is 41.5 Å². The van der Waals surface area contributed by atoms with E-state index in [4.69, 9.17) is 10.5 Å². The molecule has 2 rings (SSSR count). The van der Waals surface area contributed by atoms with E-state index in [1.807, 2.05) is 26.1 Å². The van der Waals surface area contributed by atoms with Gasteiger partial charge in [-0.3, -0.25) is 4.68 Å². The molecule has 0 spiro atoms. The van der Waals surface area contributed by atoms with E-state index in [-0.39, 0.29) is 6.04 Å². The van der Waals surface area contributed by atoms with E-state index >= 15 is 0 Å². The molecule has 1 atom stereocenters. The Morgan fingerprint density at radius 2 is 2.21 bits per heavy atom. The van der Waals surface area contributed by atoms with Gasteiger partial charge >= 0.3 is 0 Å². The molecule has 5 heteroatoms. The summed E-state index contributed by atoms with van der Waals surface area (Å²) in [7, 11) is 1.85. The highest BCUT2D eigenvalue weighted by molar-refractivity contribution is 5.37. The Hall–Kier alpha value is -1.88. The molecule has 1 aromatic heterocycles. The second kappa shape index (κ2) is 5.84. The van der Waals surface area contributed by atoms with Crippen LogP contribution in [0.1, 0.15) is 23.9 Å². The smallest absolute Gasteiger partial charge is 0.164 e. The number of rotatable bonds is 5. The number of benzene rings is 1. The van der Waals surface area contributed by atoms with Crippen LogP contribution in [-0.2, 0) is 20.1 Å². The molecule has 0 radical (unpaired) electrons. The second-order valence-corrected chi connectivity index (χ2v) is 4.88. The minimum atomic E-state index is 0.110. The molecular weight excluding hydrogens is 240 g/mol. The van der Waals surface area contributed by atoms with E-state index in [1.165, 1.54) is 11.9 Å². The maximum Gasteiger partial charge on any atom is 0.164 e. The van der Waals surface area contributed by atoms with Crippen LogP contribution in [0, 0.1) is 6.92 Å². The number of nitrogens with zero attached hydrogens (tertiary/aromatic N) is 3. The van der Waals surface area contributed by atoms with Gasteiger partial charge in [-0.2, -0.15) is 5.10 Å². The van der Waals surface area contributed by atoms with Gasteiger partial charge in [-0.15, -0.1) is 0 Å². The van der Waals surface area contributed by atoms with Gasteiger partial charge in [0.2, 0.25) is 0 Å². The first-order chi connectivity index (χ1) is 9.06. The SMILES string of the molecule is Cc1ccc(OCc2ncnn2C)c(CC(C)N)c1. The lowest BCUT2D eigenvalue weighted by molar-refractivity contribution is 0.286. The van der Waals surface area contributed by atoms with Crippen LogP contribution >= 0.6 is 0 Å². The molecule has 1 aromatic carbocycles. The van der Waals surface area contributed by atoms with Crippen molar-refractivity contribution in [3.63, 3.8) is 0 Å². The summed E-state index contributed by atoms with van der Waals surface area (Å²) < 4.78 is 7.55. The van der Waals surface area contributed by atoms with Crippen LogP contribution in [0.3, 0.4) is 0 Å². The van der Waals surface area contributed by atoms with Crippen molar-refractivity contribution < 1.29 is 4.74 Å². The highest BCUT2D eigenvalue weighted by Gasteiger charge is 2.08. The van der Waals surface area contributed by atoms with E-state index in [2.05, 4.69) is 23.1 Å². The predicted octanol–water partition coefficient (Wildman–Crippen LogP) is 1.59. The number of hydrogen-bond donors (Lipinski definition) is 1. The van der Waals surface area contributed by atoms with Crippen molar-refractivity contribution >= 4 is 0 Å². The first-order valence-electron chi connectivity index (χ1n) is 6.37. The van der Waals surface area contributed by atoms with Crippen LogP contribution in [0.15, 0.2) is 24.5 Å². The minimum Gasteiger partial charge on any atom is -0.485 e. The quantitative estimate of drug-likeness (QED) is 0.886. The van der Waals surface area contributed by atoms with Crippen LogP contribution in [0.25, 0.3) is 0 Å². The molecule has 0 aliphatic rings. The van der Waals surface area contributed by atoms with Gasteiger partial charge < -0.3 is 10.5 Å². The lowest BCUT2D eigenvalue weighted by atomic mass is 10.0. The zero-order valence-corrected chi connectivity index (χ0v) is 11.6. The van der Waals surface area contributed by atoms with Crippen molar-refractivity contribution in [2.45, 2.75) is 32.9 Å². The first kappa shape index (κ1) is 13.5. The fourth-order valence-corrected chi connectivity index (χ4v) is 1.95. The third-order valence-corrected chi connectivity index (χ3v) is 2.92. The van der Waals surface area contributed by atoms with Crippen LogP contribution < -0.4 is 10.5 Å². The maximum absolute atomic E-state index is 5.88. The molecule has 102 valence electrons. The average molecular weight is 260 g/mol. The Kier molecular flexibility index (Phi) is 4.16. The zero-order valence-electron chi connectivity index (χ0n) is 11.6. The molecule has 0 saturated heterocycles. The fraction of sp³-hybridized carbons (Fsp3) is 0.429. The van der Waals surface area contributed by atoms with Crippen molar-refractivity contribution in [1.29, 1.82) is 0 Å². The molecule has 2 N–H and O–H groups in total. The summed E-state index contributed by atoms with van der Waals surface area (Å²) in [6, 6.07) is 6.26. The molecule has 19 heavy (non-hydrogen) atoms. The largest absolute Gasteiger partial charge is 0.485 e. The third-order valence-electron chi connectivity index (χ3n) is 2.92. The summed E-state index contributed by atoms with van der Waals surface area (Å²) in [6.45, 7) is 4.47. The fourth-order valence-electron chi connectivity index (χ4n) is 1.95. The zero-order chi connectivity index (χ0) is 13.8. The second-order valence-electron chi connectivity index (χ2n) is 4.88. The van der Waals surface area contributed by atoms with Crippen LogP contribution in [-0.4, -0.2) is 20.8 Å². The molecule has 5 nitrogen and oxygen atoms in total. The first-order valence-corrected chi connectivity index (χ1v) is 6.37. The topological polar surface area (TPSA) is 66.0 Å². The van der Waals surface area contributed by atoms with Crippen molar-refractivity contribution in [3.8, 4) is 5.75 Å². The van der Waals surface area contributed by atoms with Gasteiger partial charge in [-0.1, -0.05) is 17.7 Å². The molecule has 2 aromatic rings. The summed E-state index contributed by atoms with van der Waals surface area (Å²) in [4.78, 5) is 4.14. The highest BCUT2D eigenvalue weighted by atomic mass is 16.5. The normalized spacial score (nSPS) is 12.4. The summed E-state index contributed by atoms with van der Waals surface area (Å²) in [5, 5.41) is 4.02. The molecule has 0 saturated carbocycles. The number of aryl methyl sites for hydroxylation is 2. The Balaban J connectivity index is 2.13. The van der Waals surface area contributed by atoms with Crippen LogP contribution in [0.5, 0.6) is 5.75 Å². The highest BCUT2D eigenvalue weighted by Crippen LogP contribution is 2.22. The van der Waals surface area contributed by atoms with E-state index in [0.29, 0.717) is 6.61 Å². The van der Waals surface area contributed by atoms with Gasteiger partial charge in [0.05, 0.1) is 0 Å². The molecule has 0 amide bonds. The van der Waals surface area contributed by atoms with Crippen LogP contribution in [0.2, 0.25) is 0 Å². The molecule has 0 aliphatic heterocycles. The molecule has 0 fully saturated rings. The molecule has 0 bridgehead atoms. The van der Waals surface area contributed by atoms with Gasteiger partial charge in [-0.25, -0.2) is 4.98 Å². The maximum atomic E-state index is 5.88. The molecular formula is C14H20N4O. The van der Waals surface area contributed by atoms with Crippen molar-refractivity contribution in [2.75, 3.05) is 0 Å². The Bertz CT molecular complexity index is 548. The number of ether oxygens (including phenoxy) is 1. The lowest BCUT2D eigenvalue weighted by Gasteiger charge is -2.13. The van der Waals surface area contributed by atoms with E-state index in [0.717, 1.165) is 23.6 Å². The van der Waals surface area contributed by atoms with Crippen molar-refractivity contribution in [2.24, 2.45) is 12.8 Å². The number of nitrogens with two attached hydrogens (primary N) is 1. The molecule has 1 heterocycles. The van der Waals surface area contributed by atoms with Crippen LogP contribution in [0.4, 0.5) is 0 Å². The minimum absolute atomic E-state index is 0.110. The van der Waals surface area contributed by atoms with E-state index in [1.54, 1.807) is 4.68 Å². The van der Waals surface area contributed by atoms with Gasteiger partial charge in [0, 0.05) is 13.1 Å². The monoisotopic (exact) mass is 260 g/mol. The summed E-state index contributed by atoms with van der Waals surface area (Å²) in [5.74, 6) is 1.67. The third kappa shape index (κ3) is 3.54. The van der Waals surface area contributed by atoms with Gasteiger partial charge in [0.1, 0.15) is 18.7 Å².